The minimum Gasteiger partial charge on any atom is -0.497 e. The lowest BCUT2D eigenvalue weighted by Gasteiger charge is -2.12. The van der Waals surface area contributed by atoms with Crippen LogP contribution in [0.15, 0.2) is 46.9 Å². The summed E-state index contributed by atoms with van der Waals surface area (Å²) in [5.74, 6) is 2.31. The molecule has 0 saturated heterocycles. The Morgan fingerprint density at radius 3 is 2.30 bits per heavy atom. The Hall–Kier alpha value is -1.52. The van der Waals surface area contributed by atoms with E-state index in [4.69, 9.17) is 15.2 Å². The van der Waals surface area contributed by atoms with Gasteiger partial charge in [-0.05, 0) is 58.2 Å². The van der Waals surface area contributed by atoms with Gasteiger partial charge in [0.05, 0.1) is 11.6 Å². The van der Waals surface area contributed by atoms with Gasteiger partial charge in [0.15, 0.2) is 0 Å². The Kier molecular flexibility index (Phi) is 5.04. The molecule has 0 saturated carbocycles. The van der Waals surface area contributed by atoms with Crippen LogP contribution in [-0.4, -0.2) is 7.11 Å². The highest BCUT2D eigenvalue weighted by Gasteiger charge is 2.06. The van der Waals surface area contributed by atoms with Crippen LogP contribution in [0.4, 0.5) is 0 Å². The average Bonchev–Trinajstić information content (AvgIpc) is 2.49. The molecule has 0 bridgehead atoms. The van der Waals surface area contributed by atoms with E-state index in [1.54, 1.807) is 7.11 Å². The van der Waals surface area contributed by atoms with Gasteiger partial charge in [-0.25, -0.2) is 0 Å². The zero-order valence-electron chi connectivity index (χ0n) is 11.6. The van der Waals surface area contributed by atoms with Gasteiger partial charge in [0.25, 0.3) is 0 Å². The van der Waals surface area contributed by atoms with E-state index in [0.717, 1.165) is 33.7 Å². The highest BCUT2D eigenvalue weighted by molar-refractivity contribution is 9.10. The number of rotatable bonds is 5. The van der Waals surface area contributed by atoms with E-state index in [-0.39, 0.29) is 6.04 Å². The van der Waals surface area contributed by atoms with E-state index in [9.17, 15) is 0 Å². The van der Waals surface area contributed by atoms with Crippen LogP contribution >= 0.6 is 15.9 Å². The second-order valence-corrected chi connectivity index (χ2v) is 5.34. The van der Waals surface area contributed by atoms with Crippen molar-refractivity contribution in [2.45, 2.75) is 19.4 Å². The van der Waals surface area contributed by atoms with Crippen molar-refractivity contribution in [1.82, 2.24) is 0 Å². The van der Waals surface area contributed by atoms with Crippen LogP contribution in [0.25, 0.3) is 0 Å². The molecular weight excluding hydrogens is 318 g/mol. The fraction of sp³-hybridized carbons (Fsp3) is 0.250. The maximum atomic E-state index is 5.99. The highest BCUT2D eigenvalue weighted by atomic mass is 79.9. The molecule has 2 rings (SSSR count). The molecule has 2 aromatic carbocycles. The summed E-state index contributed by atoms with van der Waals surface area (Å²) in [7, 11) is 1.64. The molecule has 0 amide bonds. The molecule has 106 valence electrons. The Morgan fingerprint density at radius 2 is 1.75 bits per heavy atom. The van der Waals surface area contributed by atoms with Crippen molar-refractivity contribution in [3.63, 3.8) is 0 Å². The molecule has 0 heterocycles. The molecule has 2 N–H and O–H groups in total. The highest BCUT2D eigenvalue weighted by Crippen LogP contribution is 2.33. The molecule has 0 spiro atoms. The van der Waals surface area contributed by atoms with Crippen LogP contribution in [0.1, 0.15) is 24.9 Å². The summed E-state index contributed by atoms with van der Waals surface area (Å²) in [4.78, 5) is 0. The smallest absolute Gasteiger partial charge is 0.141 e. The second kappa shape index (κ2) is 6.77. The van der Waals surface area contributed by atoms with Gasteiger partial charge in [0.1, 0.15) is 17.2 Å². The quantitative estimate of drug-likeness (QED) is 0.864. The number of hydrogen-bond donors (Lipinski definition) is 1. The molecule has 4 heteroatoms. The maximum Gasteiger partial charge on any atom is 0.141 e. The van der Waals surface area contributed by atoms with E-state index >= 15 is 0 Å². The zero-order chi connectivity index (χ0) is 14.5. The molecule has 0 aromatic heterocycles. The second-order valence-electron chi connectivity index (χ2n) is 4.48. The van der Waals surface area contributed by atoms with E-state index in [2.05, 4.69) is 22.9 Å². The summed E-state index contributed by atoms with van der Waals surface area (Å²) in [5.41, 5.74) is 7.11. The van der Waals surface area contributed by atoms with Gasteiger partial charge in [-0.1, -0.05) is 19.1 Å². The number of ether oxygens (including phenoxy) is 2. The number of benzene rings is 2. The molecule has 0 radical (unpaired) electrons. The summed E-state index contributed by atoms with van der Waals surface area (Å²) in [5, 5.41) is 0. The predicted molar refractivity (Wildman–Crippen MR) is 84.4 cm³/mol. The number of hydrogen-bond acceptors (Lipinski definition) is 3. The van der Waals surface area contributed by atoms with Gasteiger partial charge in [-0.2, -0.15) is 0 Å². The van der Waals surface area contributed by atoms with E-state index in [0.29, 0.717) is 0 Å². The average molecular weight is 336 g/mol. The summed E-state index contributed by atoms with van der Waals surface area (Å²) in [6.07, 6.45) is 0.921. The van der Waals surface area contributed by atoms with Gasteiger partial charge in [-0.15, -0.1) is 0 Å². The Labute approximate surface area is 127 Å². The third-order valence-corrected chi connectivity index (χ3v) is 3.73. The Bertz CT molecular complexity index is 569. The zero-order valence-corrected chi connectivity index (χ0v) is 13.2. The van der Waals surface area contributed by atoms with Gasteiger partial charge in [-0.3, -0.25) is 0 Å². The number of nitrogens with two attached hydrogens (primary N) is 1. The number of methoxy groups -OCH3 is 1. The van der Waals surface area contributed by atoms with Crippen LogP contribution in [0.5, 0.6) is 17.2 Å². The fourth-order valence-corrected chi connectivity index (χ4v) is 2.28. The van der Waals surface area contributed by atoms with Crippen molar-refractivity contribution < 1.29 is 9.47 Å². The normalized spacial score (nSPS) is 12.0. The summed E-state index contributed by atoms with van der Waals surface area (Å²) < 4.78 is 11.8. The molecule has 3 nitrogen and oxygen atoms in total. The molecule has 2 aromatic rings. The topological polar surface area (TPSA) is 44.5 Å². The molecule has 20 heavy (non-hydrogen) atoms. The fourth-order valence-electron chi connectivity index (χ4n) is 1.84. The molecule has 0 aliphatic rings. The van der Waals surface area contributed by atoms with E-state index in [1.165, 1.54) is 0 Å². The SMILES string of the molecule is CCC(N)c1ccc(Oc2ccc(OC)cc2Br)cc1. The molecule has 0 aliphatic carbocycles. The van der Waals surface area contributed by atoms with Gasteiger partial charge in [0.2, 0.25) is 0 Å². The van der Waals surface area contributed by atoms with Crippen LogP contribution in [0.3, 0.4) is 0 Å². The van der Waals surface area contributed by atoms with Gasteiger partial charge >= 0.3 is 0 Å². The summed E-state index contributed by atoms with van der Waals surface area (Å²) in [6, 6.07) is 13.6. The third-order valence-electron chi connectivity index (χ3n) is 3.11. The minimum absolute atomic E-state index is 0.0803. The van der Waals surface area contributed by atoms with Crippen LogP contribution in [0, 0.1) is 0 Å². The van der Waals surface area contributed by atoms with Crippen LogP contribution in [0.2, 0.25) is 0 Å². The van der Waals surface area contributed by atoms with Crippen molar-refractivity contribution >= 4 is 15.9 Å². The van der Waals surface area contributed by atoms with Crippen molar-refractivity contribution in [3.8, 4) is 17.2 Å². The monoisotopic (exact) mass is 335 g/mol. The first-order valence-corrected chi connectivity index (χ1v) is 7.30. The largest absolute Gasteiger partial charge is 0.497 e. The first-order valence-electron chi connectivity index (χ1n) is 6.51. The van der Waals surface area contributed by atoms with Crippen molar-refractivity contribution in [3.05, 3.63) is 52.5 Å². The third kappa shape index (κ3) is 3.52. The van der Waals surface area contributed by atoms with Crippen LogP contribution < -0.4 is 15.2 Å². The lowest BCUT2D eigenvalue weighted by Crippen LogP contribution is -2.08. The van der Waals surface area contributed by atoms with Crippen LogP contribution in [-0.2, 0) is 0 Å². The minimum atomic E-state index is 0.0803. The Balaban J connectivity index is 2.14. The Morgan fingerprint density at radius 1 is 1.10 bits per heavy atom. The van der Waals surface area contributed by atoms with Crippen molar-refractivity contribution in [1.29, 1.82) is 0 Å². The maximum absolute atomic E-state index is 5.99. The van der Waals surface area contributed by atoms with E-state index < -0.39 is 0 Å². The molecule has 1 atom stereocenters. The first-order chi connectivity index (χ1) is 9.63. The van der Waals surface area contributed by atoms with E-state index in [1.807, 2.05) is 42.5 Å². The first kappa shape index (κ1) is 14.9. The standard InChI is InChI=1S/C16H18BrNO2/c1-3-15(18)11-4-6-12(7-5-11)20-16-9-8-13(19-2)10-14(16)17/h4-10,15H,3,18H2,1-2H3. The van der Waals surface area contributed by atoms with Crippen molar-refractivity contribution in [2.75, 3.05) is 7.11 Å². The summed E-state index contributed by atoms with van der Waals surface area (Å²) >= 11 is 3.47. The number of halogens is 1. The van der Waals surface area contributed by atoms with Gasteiger partial charge in [0, 0.05) is 6.04 Å². The molecule has 0 aliphatic heterocycles. The molecule has 0 fully saturated rings. The van der Waals surface area contributed by atoms with Crippen molar-refractivity contribution in [2.24, 2.45) is 5.73 Å². The molecular formula is C16H18BrNO2. The predicted octanol–water partition coefficient (Wildman–Crippen LogP) is 4.66. The lowest BCUT2D eigenvalue weighted by molar-refractivity contribution is 0.412. The van der Waals surface area contributed by atoms with Gasteiger partial charge < -0.3 is 15.2 Å². The lowest BCUT2D eigenvalue weighted by atomic mass is 10.1. The molecule has 1 unspecified atom stereocenters. The summed E-state index contributed by atoms with van der Waals surface area (Å²) in [6.45, 7) is 2.07.